The maximum Gasteiger partial charge on any atom is 0.0702 e. The second-order valence-electron chi connectivity index (χ2n) is 4.64. The minimum absolute atomic E-state index is 0.547. The first-order valence-electron chi connectivity index (χ1n) is 5.68. The van der Waals surface area contributed by atoms with Crippen LogP contribution >= 0.6 is 0 Å². The van der Waals surface area contributed by atoms with Crippen molar-refractivity contribution in [3.05, 3.63) is 0 Å². The summed E-state index contributed by atoms with van der Waals surface area (Å²) in [7, 11) is 0. The van der Waals surface area contributed by atoms with Crippen molar-refractivity contribution >= 4 is 0 Å². The summed E-state index contributed by atoms with van der Waals surface area (Å²) in [5.41, 5.74) is 0. The molecular formula is C11H21NO. The quantitative estimate of drug-likeness (QED) is 0.648. The van der Waals surface area contributed by atoms with Crippen molar-refractivity contribution in [2.24, 2.45) is 5.92 Å². The van der Waals surface area contributed by atoms with Gasteiger partial charge in [0, 0.05) is 19.7 Å². The highest BCUT2D eigenvalue weighted by Crippen LogP contribution is 2.19. The lowest BCUT2D eigenvalue weighted by Gasteiger charge is -2.32. The van der Waals surface area contributed by atoms with Crippen molar-refractivity contribution in [3.8, 4) is 0 Å². The third-order valence-corrected chi connectivity index (χ3v) is 3.23. The molecule has 2 heteroatoms. The van der Waals surface area contributed by atoms with Gasteiger partial charge in [0.25, 0.3) is 0 Å². The van der Waals surface area contributed by atoms with Crippen LogP contribution in [0.25, 0.3) is 0 Å². The number of hydrogen-bond acceptors (Lipinski definition) is 2. The maximum absolute atomic E-state index is 5.65. The van der Waals surface area contributed by atoms with Crippen LogP contribution < -0.4 is 0 Å². The van der Waals surface area contributed by atoms with Crippen LogP contribution in [0.4, 0.5) is 0 Å². The average molecular weight is 183 g/mol. The van der Waals surface area contributed by atoms with Gasteiger partial charge in [-0.15, -0.1) is 0 Å². The Morgan fingerprint density at radius 1 is 1.31 bits per heavy atom. The van der Waals surface area contributed by atoms with Crippen molar-refractivity contribution < 1.29 is 4.74 Å². The molecule has 76 valence electrons. The highest BCUT2D eigenvalue weighted by Gasteiger charge is 2.22. The lowest BCUT2D eigenvalue weighted by atomic mass is 10.00. The third kappa shape index (κ3) is 2.68. The van der Waals surface area contributed by atoms with Gasteiger partial charge in [-0.1, -0.05) is 6.92 Å². The van der Waals surface area contributed by atoms with Gasteiger partial charge in [-0.25, -0.2) is 0 Å². The lowest BCUT2D eigenvalue weighted by molar-refractivity contribution is 0.0585. The SMILES string of the molecule is CC1CCCN(CC2CCCO2)C1. The number of piperidine rings is 1. The van der Waals surface area contributed by atoms with Gasteiger partial charge in [0.2, 0.25) is 0 Å². The first-order chi connectivity index (χ1) is 6.34. The average Bonchev–Trinajstić information content (AvgIpc) is 2.57. The van der Waals surface area contributed by atoms with Gasteiger partial charge in [-0.2, -0.15) is 0 Å². The second kappa shape index (κ2) is 4.43. The van der Waals surface area contributed by atoms with E-state index in [-0.39, 0.29) is 0 Å². The zero-order chi connectivity index (χ0) is 9.10. The van der Waals surface area contributed by atoms with E-state index < -0.39 is 0 Å². The fraction of sp³-hybridized carbons (Fsp3) is 1.00. The normalized spacial score (nSPS) is 36.7. The standard InChI is InChI=1S/C11H21NO/c1-10-4-2-6-12(8-10)9-11-5-3-7-13-11/h10-11H,2-9H2,1H3. The smallest absolute Gasteiger partial charge is 0.0702 e. The molecule has 2 atom stereocenters. The Labute approximate surface area is 81.3 Å². The van der Waals surface area contributed by atoms with Crippen LogP contribution in [-0.4, -0.2) is 37.2 Å². The fourth-order valence-corrected chi connectivity index (χ4v) is 2.53. The monoisotopic (exact) mass is 183 g/mol. The lowest BCUT2D eigenvalue weighted by Crippen LogP contribution is -2.39. The maximum atomic E-state index is 5.65. The van der Waals surface area contributed by atoms with Crippen LogP contribution in [0.5, 0.6) is 0 Å². The van der Waals surface area contributed by atoms with E-state index in [0.717, 1.165) is 12.5 Å². The van der Waals surface area contributed by atoms with Crippen molar-refractivity contribution in [1.29, 1.82) is 0 Å². The molecule has 0 aliphatic carbocycles. The van der Waals surface area contributed by atoms with Gasteiger partial charge in [-0.05, 0) is 38.1 Å². The highest BCUT2D eigenvalue weighted by molar-refractivity contribution is 4.75. The Bertz CT molecular complexity index is 154. The summed E-state index contributed by atoms with van der Waals surface area (Å²) in [6, 6.07) is 0. The van der Waals surface area contributed by atoms with Crippen LogP contribution in [0.2, 0.25) is 0 Å². The summed E-state index contributed by atoms with van der Waals surface area (Å²) in [6.07, 6.45) is 5.90. The van der Waals surface area contributed by atoms with E-state index in [1.165, 1.54) is 45.3 Å². The third-order valence-electron chi connectivity index (χ3n) is 3.23. The zero-order valence-electron chi connectivity index (χ0n) is 8.67. The van der Waals surface area contributed by atoms with E-state index in [1.54, 1.807) is 0 Å². The first kappa shape index (κ1) is 9.47. The van der Waals surface area contributed by atoms with Gasteiger partial charge >= 0.3 is 0 Å². The van der Waals surface area contributed by atoms with E-state index in [0.29, 0.717) is 6.10 Å². The number of nitrogens with zero attached hydrogens (tertiary/aromatic N) is 1. The molecule has 0 radical (unpaired) electrons. The molecule has 13 heavy (non-hydrogen) atoms. The number of rotatable bonds is 2. The summed E-state index contributed by atoms with van der Waals surface area (Å²) >= 11 is 0. The molecule has 2 saturated heterocycles. The zero-order valence-corrected chi connectivity index (χ0v) is 8.67. The number of likely N-dealkylation sites (tertiary alicyclic amines) is 1. The molecular weight excluding hydrogens is 162 g/mol. The molecule has 0 aromatic rings. The van der Waals surface area contributed by atoms with E-state index in [2.05, 4.69) is 11.8 Å². The van der Waals surface area contributed by atoms with Crippen molar-refractivity contribution in [2.75, 3.05) is 26.2 Å². The predicted octanol–water partition coefficient (Wildman–Crippen LogP) is 1.90. The summed E-state index contributed by atoms with van der Waals surface area (Å²) in [6.45, 7) is 7.13. The van der Waals surface area contributed by atoms with Crippen molar-refractivity contribution in [3.63, 3.8) is 0 Å². The predicted molar refractivity (Wildman–Crippen MR) is 53.8 cm³/mol. The molecule has 0 aromatic carbocycles. The molecule has 2 heterocycles. The molecule has 2 rings (SSSR count). The largest absolute Gasteiger partial charge is 0.377 e. The van der Waals surface area contributed by atoms with Crippen LogP contribution in [0.15, 0.2) is 0 Å². The van der Waals surface area contributed by atoms with Crippen LogP contribution in [0, 0.1) is 5.92 Å². The Morgan fingerprint density at radius 3 is 2.92 bits per heavy atom. The van der Waals surface area contributed by atoms with Crippen LogP contribution in [0.1, 0.15) is 32.6 Å². The Balaban J connectivity index is 1.73. The summed E-state index contributed by atoms with van der Waals surface area (Å²) in [5.74, 6) is 0.898. The molecule has 0 bridgehead atoms. The molecule has 0 amide bonds. The summed E-state index contributed by atoms with van der Waals surface area (Å²) < 4.78 is 5.65. The van der Waals surface area contributed by atoms with Gasteiger partial charge in [0.05, 0.1) is 6.10 Å². The Kier molecular flexibility index (Phi) is 3.23. The van der Waals surface area contributed by atoms with E-state index >= 15 is 0 Å². The van der Waals surface area contributed by atoms with Gasteiger partial charge in [-0.3, -0.25) is 0 Å². The molecule has 2 aliphatic heterocycles. The van der Waals surface area contributed by atoms with Gasteiger partial charge in [0.1, 0.15) is 0 Å². The molecule has 2 aliphatic rings. The molecule has 0 spiro atoms. The van der Waals surface area contributed by atoms with Gasteiger partial charge < -0.3 is 9.64 Å². The fourth-order valence-electron chi connectivity index (χ4n) is 2.53. The molecule has 2 fully saturated rings. The van der Waals surface area contributed by atoms with Crippen molar-refractivity contribution in [2.45, 2.75) is 38.7 Å². The van der Waals surface area contributed by atoms with Crippen molar-refractivity contribution in [1.82, 2.24) is 4.90 Å². The molecule has 2 unspecified atom stereocenters. The summed E-state index contributed by atoms with van der Waals surface area (Å²) in [5, 5.41) is 0. The molecule has 2 nitrogen and oxygen atoms in total. The van der Waals surface area contributed by atoms with Gasteiger partial charge in [0.15, 0.2) is 0 Å². The second-order valence-corrected chi connectivity index (χ2v) is 4.64. The first-order valence-corrected chi connectivity index (χ1v) is 5.68. The minimum Gasteiger partial charge on any atom is -0.377 e. The summed E-state index contributed by atoms with van der Waals surface area (Å²) in [4.78, 5) is 2.59. The molecule has 0 aromatic heterocycles. The van der Waals surface area contributed by atoms with E-state index in [4.69, 9.17) is 4.74 Å². The highest BCUT2D eigenvalue weighted by atomic mass is 16.5. The Hall–Kier alpha value is -0.0800. The Morgan fingerprint density at radius 2 is 2.23 bits per heavy atom. The van der Waals surface area contributed by atoms with Crippen LogP contribution in [-0.2, 0) is 4.74 Å². The number of ether oxygens (including phenoxy) is 1. The topological polar surface area (TPSA) is 12.5 Å². The minimum atomic E-state index is 0.547. The van der Waals surface area contributed by atoms with E-state index in [1.807, 2.05) is 0 Å². The van der Waals surface area contributed by atoms with Crippen LogP contribution in [0.3, 0.4) is 0 Å². The number of hydrogen-bond donors (Lipinski definition) is 0. The molecule has 0 N–H and O–H groups in total. The van der Waals surface area contributed by atoms with E-state index in [9.17, 15) is 0 Å². The molecule has 0 saturated carbocycles.